The largest absolute Gasteiger partial charge is 0.337 e. The number of anilines is 1. The molecule has 4 N–H and O–H groups in total. The molecule has 0 aromatic heterocycles. The lowest BCUT2D eigenvalue weighted by Crippen LogP contribution is -2.37. The van der Waals surface area contributed by atoms with Gasteiger partial charge in [-0.15, -0.1) is 12.4 Å². The molecule has 2 aromatic carbocycles. The van der Waals surface area contributed by atoms with Crippen LogP contribution in [0.3, 0.4) is 0 Å². The van der Waals surface area contributed by atoms with Gasteiger partial charge in [0.15, 0.2) is 0 Å². The zero-order valence-electron chi connectivity index (χ0n) is 15.8. The second kappa shape index (κ2) is 10.7. The van der Waals surface area contributed by atoms with Crippen molar-refractivity contribution in [1.29, 1.82) is 0 Å². The summed E-state index contributed by atoms with van der Waals surface area (Å²) in [5.41, 5.74) is 8.03. The summed E-state index contributed by atoms with van der Waals surface area (Å²) in [7, 11) is 0. The van der Waals surface area contributed by atoms with Crippen LogP contribution >= 0.6 is 12.4 Å². The van der Waals surface area contributed by atoms with Gasteiger partial charge in [0, 0.05) is 36.9 Å². The van der Waals surface area contributed by atoms with Crippen LogP contribution in [0.25, 0.3) is 0 Å². The van der Waals surface area contributed by atoms with Gasteiger partial charge < -0.3 is 21.3 Å². The minimum atomic E-state index is -0.231. The van der Waals surface area contributed by atoms with Crippen LogP contribution in [0.15, 0.2) is 54.6 Å². The predicted octanol–water partition coefficient (Wildman–Crippen LogP) is 3.04. The Kier molecular flexibility index (Phi) is 8.29. The lowest BCUT2D eigenvalue weighted by molar-refractivity contribution is 0.0762. The third kappa shape index (κ3) is 6.55. The van der Waals surface area contributed by atoms with Crippen molar-refractivity contribution in [3.05, 3.63) is 65.7 Å². The number of nitrogens with two attached hydrogens (primary N) is 1. The molecule has 150 valence electrons. The summed E-state index contributed by atoms with van der Waals surface area (Å²) in [6.45, 7) is 1.49. The van der Waals surface area contributed by atoms with Crippen molar-refractivity contribution < 1.29 is 9.59 Å². The Balaban J connectivity index is 0.00000280. The fourth-order valence-corrected chi connectivity index (χ4v) is 2.87. The summed E-state index contributed by atoms with van der Waals surface area (Å²) in [4.78, 5) is 26.6. The molecule has 0 spiro atoms. The molecule has 0 radical (unpaired) electrons. The van der Waals surface area contributed by atoms with E-state index in [0.29, 0.717) is 30.9 Å². The van der Waals surface area contributed by atoms with Crippen LogP contribution in [0.2, 0.25) is 0 Å². The van der Waals surface area contributed by atoms with Crippen molar-refractivity contribution in [2.75, 3.05) is 25.0 Å². The third-order valence-electron chi connectivity index (χ3n) is 4.48. The molecule has 7 heteroatoms. The van der Waals surface area contributed by atoms with E-state index in [9.17, 15) is 9.59 Å². The molecular weight excluding hydrogens is 376 g/mol. The predicted molar refractivity (Wildman–Crippen MR) is 114 cm³/mol. The molecule has 0 aliphatic heterocycles. The first-order valence-electron chi connectivity index (χ1n) is 9.36. The molecule has 28 heavy (non-hydrogen) atoms. The molecule has 1 saturated carbocycles. The molecule has 3 amide bonds. The summed E-state index contributed by atoms with van der Waals surface area (Å²) >= 11 is 0. The monoisotopic (exact) mass is 402 g/mol. The topological polar surface area (TPSA) is 87.5 Å². The number of nitrogens with zero attached hydrogens (tertiary/aromatic N) is 1. The highest BCUT2D eigenvalue weighted by atomic mass is 35.5. The van der Waals surface area contributed by atoms with Crippen molar-refractivity contribution in [1.82, 2.24) is 10.2 Å². The van der Waals surface area contributed by atoms with Gasteiger partial charge in [0.25, 0.3) is 5.91 Å². The van der Waals surface area contributed by atoms with Crippen LogP contribution in [0, 0.1) is 0 Å². The van der Waals surface area contributed by atoms with E-state index in [-0.39, 0.29) is 30.4 Å². The van der Waals surface area contributed by atoms with Crippen molar-refractivity contribution in [3.8, 4) is 0 Å². The fourth-order valence-electron chi connectivity index (χ4n) is 2.87. The molecular formula is C21H27ClN4O2. The number of nitrogens with one attached hydrogen (secondary N) is 2. The summed E-state index contributed by atoms with van der Waals surface area (Å²) in [6, 6.07) is 17.1. The van der Waals surface area contributed by atoms with Crippen LogP contribution in [0.1, 0.15) is 28.8 Å². The van der Waals surface area contributed by atoms with E-state index in [2.05, 4.69) is 10.6 Å². The van der Waals surface area contributed by atoms with Crippen LogP contribution in [-0.4, -0.2) is 42.5 Å². The highest BCUT2D eigenvalue weighted by Gasteiger charge is 2.23. The number of rotatable bonds is 8. The highest BCUT2D eigenvalue weighted by Crippen LogP contribution is 2.19. The maximum Gasteiger partial charge on any atom is 0.319 e. The first kappa shape index (κ1) is 21.7. The number of amides is 3. The summed E-state index contributed by atoms with van der Waals surface area (Å²) < 4.78 is 0. The molecule has 0 saturated heterocycles. The Morgan fingerprint density at radius 1 is 1.04 bits per heavy atom. The van der Waals surface area contributed by atoms with E-state index in [4.69, 9.17) is 5.73 Å². The van der Waals surface area contributed by atoms with Gasteiger partial charge >= 0.3 is 6.03 Å². The Morgan fingerprint density at radius 3 is 2.46 bits per heavy atom. The van der Waals surface area contributed by atoms with Gasteiger partial charge in [-0.3, -0.25) is 4.79 Å². The summed E-state index contributed by atoms with van der Waals surface area (Å²) in [6.07, 6.45) is 2.83. The highest BCUT2D eigenvalue weighted by molar-refractivity contribution is 5.97. The number of halogens is 1. The van der Waals surface area contributed by atoms with Gasteiger partial charge in [-0.2, -0.15) is 0 Å². The van der Waals surface area contributed by atoms with Crippen LogP contribution in [-0.2, 0) is 6.42 Å². The number of benzene rings is 2. The van der Waals surface area contributed by atoms with E-state index < -0.39 is 0 Å². The molecule has 1 aliphatic rings. The minimum Gasteiger partial charge on any atom is -0.337 e. The fraction of sp³-hybridized carbons (Fsp3) is 0.333. The SMILES string of the molecule is Cl.NCCN(CCc1ccccc1)C(=O)c1cccc(NC(=O)NC2CC2)c1. The molecule has 0 bridgehead atoms. The Morgan fingerprint density at radius 2 is 1.79 bits per heavy atom. The molecule has 3 rings (SSSR count). The third-order valence-corrected chi connectivity index (χ3v) is 4.48. The average molecular weight is 403 g/mol. The zero-order valence-corrected chi connectivity index (χ0v) is 16.6. The Hall–Kier alpha value is -2.57. The lowest BCUT2D eigenvalue weighted by atomic mass is 10.1. The van der Waals surface area contributed by atoms with Crippen molar-refractivity contribution in [3.63, 3.8) is 0 Å². The van der Waals surface area contributed by atoms with E-state index in [1.807, 2.05) is 30.3 Å². The molecule has 0 heterocycles. The van der Waals surface area contributed by atoms with Crippen LogP contribution in [0.5, 0.6) is 0 Å². The average Bonchev–Trinajstić information content (AvgIpc) is 3.49. The van der Waals surface area contributed by atoms with Crippen LogP contribution in [0.4, 0.5) is 10.5 Å². The van der Waals surface area contributed by atoms with E-state index in [0.717, 1.165) is 19.3 Å². The first-order chi connectivity index (χ1) is 13.2. The maximum atomic E-state index is 12.9. The Labute approximate surface area is 171 Å². The van der Waals surface area contributed by atoms with Crippen LogP contribution < -0.4 is 16.4 Å². The zero-order chi connectivity index (χ0) is 19.1. The van der Waals surface area contributed by atoms with Crippen molar-refractivity contribution >= 4 is 30.0 Å². The van der Waals surface area contributed by atoms with Gasteiger partial charge in [0.2, 0.25) is 0 Å². The number of hydrogen-bond acceptors (Lipinski definition) is 3. The Bertz CT molecular complexity index is 781. The molecule has 0 unspecified atom stereocenters. The normalized spacial score (nSPS) is 12.6. The lowest BCUT2D eigenvalue weighted by Gasteiger charge is -2.22. The number of carbonyl (C=O) groups is 2. The molecule has 6 nitrogen and oxygen atoms in total. The van der Waals surface area contributed by atoms with Gasteiger partial charge in [-0.1, -0.05) is 36.4 Å². The van der Waals surface area contributed by atoms with Gasteiger partial charge in [-0.05, 0) is 43.0 Å². The van der Waals surface area contributed by atoms with Crippen molar-refractivity contribution in [2.24, 2.45) is 5.73 Å². The van der Waals surface area contributed by atoms with Crippen molar-refractivity contribution in [2.45, 2.75) is 25.3 Å². The number of carbonyl (C=O) groups excluding carboxylic acids is 2. The van der Waals surface area contributed by atoms with E-state index in [1.165, 1.54) is 5.56 Å². The van der Waals surface area contributed by atoms with E-state index in [1.54, 1.807) is 29.2 Å². The van der Waals surface area contributed by atoms with Gasteiger partial charge in [0.05, 0.1) is 0 Å². The summed E-state index contributed by atoms with van der Waals surface area (Å²) in [5, 5.41) is 5.66. The molecule has 1 fully saturated rings. The maximum absolute atomic E-state index is 12.9. The molecule has 1 aliphatic carbocycles. The second-order valence-electron chi connectivity index (χ2n) is 6.77. The summed E-state index contributed by atoms with van der Waals surface area (Å²) in [5.74, 6) is -0.0809. The minimum absolute atomic E-state index is 0. The smallest absolute Gasteiger partial charge is 0.319 e. The molecule has 0 atom stereocenters. The first-order valence-corrected chi connectivity index (χ1v) is 9.36. The number of hydrogen-bond donors (Lipinski definition) is 3. The van der Waals surface area contributed by atoms with E-state index >= 15 is 0 Å². The quantitative estimate of drug-likeness (QED) is 0.634. The number of urea groups is 1. The van der Waals surface area contributed by atoms with Gasteiger partial charge in [-0.25, -0.2) is 4.79 Å². The molecule has 2 aromatic rings. The standard InChI is InChI=1S/C21H26N4O2.ClH/c22-12-14-25(13-11-16-5-2-1-3-6-16)20(26)17-7-4-8-19(15-17)24-21(27)23-18-9-10-18;/h1-8,15,18H,9-14,22H2,(H2,23,24,27);1H. The van der Waals surface area contributed by atoms with Gasteiger partial charge in [0.1, 0.15) is 0 Å². The second-order valence-corrected chi connectivity index (χ2v) is 6.77.